The number of carbonyl (C=O) groups excluding carboxylic acids is 4. The van der Waals surface area contributed by atoms with Gasteiger partial charge in [-0.15, -0.1) is 0 Å². The lowest BCUT2D eigenvalue weighted by Crippen LogP contribution is -2.36. The van der Waals surface area contributed by atoms with Gasteiger partial charge < -0.3 is 24.1 Å². The van der Waals surface area contributed by atoms with Crippen molar-refractivity contribution in [3.63, 3.8) is 0 Å². The van der Waals surface area contributed by atoms with E-state index in [4.69, 9.17) is 18.9 Å². The lowest BCUT2D eigenvalue weighted by Gasteiger charge is -2.37. The van der Waals surface area contributed by atoms with Crippen LogP contribution in [0.3, 0.4) is 0 Å². The van der Waals surface area contributed by atoms with Gasteiger partial charge in [-0.25, -0.2) is 0 Å². The van der Waals surface area contributed by atoms with E-state index in [0.717, 1.165) is 19.3 Å². The van der Waals surface area contributed by atoms with Gasteiger partial charge in [-0.1, -0.05) is 20.3 Å². The lowest BCUT2D eigenvalue weighted by molar-refractivity contribution is -0.133. The molecule has 0 aliphatic carbocycles. The van der Waals surface area contributed by atoms with Gasteiger partial charge in [0.05, 0.1) is 5.56 Å². The Hall–Kier alpha value is -3.88. The summed E-state index contributed by atoms with van der Waals surface area (Å²) < 4.78 is 22.2. The molecule has 1 aliphatic rings. The molecule has 216 valence electrons. The third-order valence-corrected chi connectivity index (χ3v) is 6.78. The Morgan fingerprint density at radius 2 is 1.62 bits per heavy atom. The van der Waals surface area contributed by atoms with Gasteiger partial charge in [0.15, 0.2) is 17.3 Å². The molecule has 0 aromatic heterocycles. The summed E-state index contributed by atoms with van der Waals surface area (Å²) in [5.41, 5.74) is 0.419. The van der Waals surface area contributed by atoms with E-state index in [1.54, 1.807) is 0 Å². The molecule has 0 radical (unpaired) electrons. The zero-order valence-corrected chi connectivity index (χ0v) is 24.0. The Bertz CT molecular complexity index is 1290. The molecule has 1 aliphatic heterocycles. The molecule has 1 atom stereocenters. The Morgan fingerprint density at radius 1 is 0.975 bits per heavy atom. The first-order chi connectivity index (χ1) is 18.8. The second-order valence-electron chi connectivity index (χ2n) is 10.9. The second-order valence-corrected chi connectivity index (χ2v) is 10.9. The number of ether oxygens (including phenoxy) is 4. The quantitative estimate of drug-likeness (QED) is 0.205. The number of phenols is 1. The molecule has 0 saturated heterocycles. The van der Waals surface area contributed by atoms with Crippen molar-refractivity contribution in [1.29, 1.82) is 0 Å². The number of hydrogen-bond donors (Lipinski definition) is 1. The van der Waals surface area contributed by atoms with Crippen LogP contribution in [0.4, 0.5) is 0 Å². The predicted octanol–water partition coefficient (Wildman–Crippen LogP) is 5.89. The van der Waals surface area contributed by atoms with Crippen molar-refractivity contribution in [2.75, 3.05) is 0 Å². The average Bonchev–Trinajstić information content (AvgIpc) is 2.84. The molecular weight excluding hydrogens is 516 g/mol. The highest BCUT2D eigenvalue weighted by molar-refractivity contribution is 6.00. The first-order valence-corrected chi connectivity index (χ1v) is 13.6. The van der Waals surface area contributed by atoms with Crippen molar-refractivity contribution in [3.05, 3.63) is 41.0 Å². The number of carbonyl (C=O) groups is 4. The molecule has 0 saturated carbocycles. The number of hydrogen-bond acceptors (Lipinski definition) is 9. The number of phenolic OH excluding ortho intramolecular Hbond substituents is 1. The van der Waals surface area contributed by atoms with E-state index in [1.165, 1.54) is 45.0 Å². The van der Waals surface area contributed by atoms with Crippen LogP contribution in [0.15, 0.2) is 24.3 Å². The third kappa shape index (κ3) is 8.07. The molecule has 0 amide bonds. The molecule has 2 aromatic carbocycles. The highest BCUT2D eigenvalue weighted by Crippen LogP contribution is 2.48. The maximum atomic E-state index is 13.4. The molecule has 1 heterocycles. The number of aromatic hydroxyl groups is 1. The zero-order valence-electron chi connectivity index (χ0n) is 24.0. The Labute approximate surface area is 234 Å². The summed E-state index contributed by atoms with van der Waals surface area (Å²) in [6, 6.07) is 5.85. The van der Waals surface area contributed by atoms with Crippen LogP contribution in [-0.4, -0.2) is 34.4 Å². The summed E-state index contributed by atoms with van der Waals surface area (Å²) in [4.78, 5) is 48.2. The molecule has 0 fully saturated rings. The van der Waals surface area contributed by atoms with Crippen molar-refractivity contribution in [2.24, 2.45) is 5.92 Å². The highest BCUT2D eigenvalue weighted by Gasteiger charge is 2.36. The van der Waals surface area contributed by atoms with E-state index in [-0.39, 0.29) is 47.2 Å². The van der Waals surface area contributed by atoms with E-state index in [2.05, 4.69) is 13.8 Å². The number of esters is 3. The minimum atomic E-state index is -0.574. The molecule has 0 spiro atoms. The molecule has 0 bridgehead atoms. The van der Waals surface area contributed by atoms with Crippen molar-refractivity contribution < 1.29 is 43.2 Å². The van der Waals surface area contributed by atoms with Gasteiger partial charge in [0.25, 0.3) is 0 Å². The summed E-state index contributed by atoms with van der Waals surface area (Å²) in [6.07, 6.45) is 3.99. The highest BCUT2D eigenvalue weighted by atomic mass is 16.6. The fourth-order valence-electron chi connectivity index (χ4n) is 4.84. The Morgan fingerprint density at radius 3 is 2.25 bits per heavy atom. The minimum absolute atomic E-state index is 0.00666. The van der Waals surface area contributed by atoms with Gasteiger partial charge in [-0.3, -0.25) is 19.2 Å². The van der Waals surface area contributed by atoms with Gasteiger partial charge in [0.1, 0.15) is 22.8 Å². The average molecular weight is 555 g/mol. The molecule has 1 unspecified atom stereocenters. The first kappa shape index (κ1) is 30.7. The van der Waals surface area contributed by atoms with Crippen molar-refractivity contribution in [2.45, 2.75) is 92.1 Å². The fourth-order valence-corrected chi connectivity index (χ4v) is 4.84. The predicted molar refractivity (Wildman–Crippen MR) is 147 cm³/mol. The summed E-state index contributed by atoms with van der Waals surface area (Å²) in [7, 11) is 0. The van der Waals surface area contributed by atoms with Crippen molar-refractivity contribution in [1.82, 2.24) is 0 Å². The summed E-state index contributed by atoms with van der Waals surface area (Å²) in [5, 5.41) is 11.1. The topological polar surface area (TPSA) is 125 Å². The third-order valence-electron chi connectivity index (χ3n) is 6.78. The van der Waals surface area contributed by atoms with E-state index >= 15 is 0 Å². The van der Waals surface area contributed by atoms with Crippen LogP contribution in [0.2, 0.25) is 0 Å². The van der Waals surface area contributed by atoms with Gasteiger partial charge in [-0.2, -0.15) is 0 Å². The van der Waals surface area contributed by atoms with Gasteiger partial charge in [0, 0.05) is 32.8 Å². The van der Waals surface area contributed by atoms with Crippen molar-refractivity contribution in [3.8, 4) is 28.7 Å². The Balaban J connectivity index is 1.89. The molecule has 3 rings (SSSR count). The molecule has 9 nitrogen and oxygen atoms in total. The standard InChI is InChI=1S/C31H38O9/c1-18(2)8-7-14-31(6)15-13-24-29(36)25(17-28(30(24)40-31)39-21(5)34)26(35)11-9-22-16-23(37-19(3)32)10-12-27(22)38-20(4)33/h10,12,16-18,36H,7-9,11,13-15H2,1-6H3. The fraction of sp³-hybridized carbons (Fsp3) is 0.484. The van der Waals surface area contributed by atoms with Gasteiger partial charge in [-0.05, 0) is 74.8 Å². The maximum absolute atomic E-state index is 13.4. The molecule has 2 aromatic rings. The number of rotatable bonds is 11. The summed E-state index contributed by atoms with van der Waals surface area (Å²) in [5.74, 6) is -0.813. The van der Waals surface area contributed by atoms with E-state index in [0.29, 0.717) is 29.9 Å². The Kier molecular flexibility index (Phi) is 9.95. The second kappa shape index (κ2) is 13.0. The first-order valence-electron chi connectivity index (χ1n) is 13.6. The lowest BCUT2D eigenvalue weighted by atomic mass is 9.86. The number of ketones is 1. The van der Waals surface area contributed by atoms with Crippen LogP contribution in [0, 0.1) is 5.92 Å². The molecular formula is C31H38O9. The largest absolute Gasteiger partial charge is 0.507 e. The van der Waals surface area contributed by atoms with E-state index in [1.807, 2.05) is 6.92 Å². The molecule has 40 heavy (non-hydrogen) atoms. The summed E-state index contributed by atoms with van der Waals surface area (Å²) in [6.45, 7) is 10.1. The van der Waals surface area contributed by atoms with Crippen molar-refractivity contribution >= 4 is 23.7 Å². The monoisotopic (exact) mass is 554 g/mol. The van der Waals surface area contributed by atoms with Crippen LogP contribution in [0.1, 0.15) is 95.1 Å². The normalized spacial score (nSPS) is 16.1. The number of aryl methyl sites for hydroxylation is 1. The van der Waals surface area contributed by atoms with Crippen LogP contribution < -0.4 is 18.9 Å². The summed E-state index contributed by atoms with van der Waals surface area (Å²) >= 11 is 0. The van der Waals surface area contributed by atoms with E-state index in [9.17, 15) is 24.3 Å². The zero-order chi connectivity index (χ0) is 29.6. The molecule has 9 heteroatoms. The van der Waals surface area contributed by atoms with Crippen LogP contribution in [0.25, 0.3) is 0 Å². The molecule has 1 N–H and O–H groups in total. The minimum Gasteiger partial charge on any atom is -0.507 e. The van der Waals surface area contributed by atoms with Crippen LogP contribution in [0.5, 0.6) is 28.7 Å². The number of fused-ring (bicyclic) bond motifs is 1. The number of Topliss-reactive ketones (excluding diaryl/α,β-unsaturated/α-hetero) is 1. The van der Waals surface area contributed by atoms with Crippen LogP contribution in [-0.2, 0) is 27.2 Å². The number of benzene rings is 2. The van der Waals surface area contributed by atoms with E-state index < -0.39 is 29.3 Å². The van der Waals surface area contributed by atoms with Gasteiger partial charge in [0.2, 0.25) is 0 Å². The van der Waals surface area contributed by atoms with Crippen LogP contribution >= 0.6 is 0 Å². The smallest absolute Gasteiger partial charge is 0.308 e. The van der Waals surface area contributed by atoms with Gasteiger partial charge >= 0.3 is 17.9 Å². The SMILES string of the molecule is CC(=O)Oc1ccc(OC(C)=O)c(CCC(=O)c2cc(OC(C)=O)c3c(c2O)CCC(C)(CCCC(C)C)O3)c1. The maximum Gasteiger partial charge on any atom is 0.308 e.